The number of piperidine rings is 1. The fourth-order valence-electron chi connectivity index (χ4n) is 1.63. The Morgan fingerprint density at radius 3 is 2.47 bits per heavy atom. The van der Waals surface area contributed by atoms with Crippen molar-refractivity contribution in [3.05, 3.63) is 11.6 Å². The van der Waals surface area contributed by atoms with Gasteiger partial charge in [0.1, 0.15) is 6.23 Å². The molecule has 0 saturated carbocycles. The molecule has 0 aromatic heterocycles. The van der Waals surface area contributed by atoms with Gasteiger partial charge in [0.2, 0.25) is 5.24 Å². The SMILES string of the molecule is COC(C)N1CCC(=CC(=O)Cl)CC1.Cl. The minimum atomic E-state index is -0.367. The first-order chi connectivity index (χ1) is 6.63. The van der Waals surface area contributed by atoms with Crippen LogP contribution < -0.4 is 0 Å². The van der Waals surface area contributed by atoms with Crippen LogP contribution in [0.4, 0.5) is 0 Å². The van der Waals surface area contributed by atoms with E-state index in [1.807, 2.05) is 6.92 Å². The first-order valence-electron chi connectivity index (χ1n) is 4.79. The second-order valence-electron chi connectivity index (χ2n) is 3.48. The summed E-state index contributed by atoms with van der Waals surface area (Å²) in [4.78, 5) is 12.9. The van der Waals surface area contributed by atoms with Gasteiger partial charge in [0.25, 0.3) is 0 Å². The van der Waals surface area contributed by atoms with Gasteiger partial charge in [0, 0.05) is 20.2 Å². The van der Waals surface area contributed by atoms with Gasteiger partial charge in [-0.05, 0) is 37.4 Å². The highest BCUT2D eigenvalue weighted by atomic mass is 35.5. The van der Waals surface area contributed by atoms with Crippen LogP contribution in [0.15, 0.2) is 11.6 Å². The number of allylic oxidation sites excluding steroid dienone is 1. The average molecular weight is 254 g/mol. The van der Waals surface area contributed by atoms with Crippen molar-refractivity contribution in [2.24, 2.45) is 0 Å². The summed E-state index contributed by atoms with van der Waals surface area (Å²) in [5.74, 6) is 0. The number of carbonyl (C=O) groups excluding carboxylic acids is 1. The Kier molecular flexibility index (Phi) is 7.18. The zero-order valence-corrected chi connectivity index (χ0v) is 10.6. The monoisotopic (exact) mass is 253 g/mol. The normalized spacial score (nSPS) is 19.3. The van der Waals surface area contributed by atoms with E-state index in [0.29, 0.717) is 0 Å². The molecule has 0 bridgehead atoms. The summed E-state index contributed by atoms with van der Waals surface area (Å²) in [6.45, 7) is 3.90. The molecule has 1 saturated heterocycles. The van der Waals surface area contributed by atoms with E-state index in [2.05, 4.69) is 4.90 Å². The lowest BCUT2D eigenvalue weighted by Crippen LogP contribution is -2.39. The number of ether oxygens (including phenoxy) is 1. The molecule has 1 rings (SSSR count). The molecule has 1 aliphatic rings. The Hall–Kier alpha value is -0.0900. The van der Waals surface area contributed by atoms with Crippen LogP contribution >= 0.6 is 24.0 Å². The highest BCUT2D eigenvalue weighted by Crippen LogP contribution is 2.18. The van der Waals surface area contributed by atoms with E-state index >= 15 is 0 Å². The zero-order valence-electron chi connectivity index (χ0n) is 9.03. The van der Waals surface area contributed by atoms with E-state index in [1.165, 1.54) is 6.08 Å². The van der Waals surface area contributed by atoms with Crippen molar-refractivity contribution < 1.29 is 9.53 Å². The van der Waals surface area contributed by atoms with Gasteiger partial charge >= 0.3 is 0 Å². The highest BCUT2D eigenvalue weighted by Gasteiger charge is 2.18. The molecule has 0 aromatic rings. The summed E-state index contributed by atoms with van der Waals surface area (Å²) in [6.07, 6.45) is 3.51. The number of halogens is 2. The fourth-order valence-corrected chi connectivity index (χ4v) is 1.78. The van der Waals surface area contributed by atoms with Gasteiger partial charge in [-0.1, -0.05) is 5.57 Å². The fraction of sp³-hybridized carbons (Fsp3) is 0.700. The van der Waals surface area contributed by atoms with Crippen molar-refractivity contribution in [1.82, 2.24) is 4.90 Å². The van der Waals surface area contributed by atoms with Crippen LogP contribution in [0.5, 0.6) is 0 Å². The minimum Gasteiger partial charge on any atom is -0.367 e. The van der Waals surface area contributed by atoms with Crippen molar-refractivity contribution in [3.63, 3.8) is 0 Å². The van der Waals surface area contributed by atoms with Gasteiger partial charge in [-0.3, -0.25) is 9.69 Å². The third kappa shape index (κ3) is 4.98. The Morgan fingerprint density at radius 1 is 1.53 bits per heavy atom. The smallest absolute Gasteiger partial charge is 0.245 e. The summed E-state index contributed by atoms with van der Waals surface area (Å²) >= 11 is 5.28. The summed E-state index contributed by atoms with van der Waals surface area (Å²) in [5.41, 5.74) is 1.14. The summed E-state index contributed by atoms with van der Waals surface area (Å²) in [7, 11) is 1.71. The van der Waals surface area contributed by atoms with Crippen LogP contribution in [0, 0.1) is 0 Å². The maximum atomic E-state index is 10.6. The molecule has 3 nitrogen and oxygen atoms in total. The third-order valence-corrected chi connectivity index (χ3v) is 2.72. The van der Waals surface area contributed by atoms with Crippen molar-refractivity contribution >= 4 is 29.3 Å². The number of hydrogen-bond acceptors (Lipinski definition) is 3. The molecule has 1 fully saturated rings. The number of likely N-dealkylation sites (tertiary alicyclic amines) is 1. The van der Waals surface area contributed by atoms with E-state index in [-0.39, 0.29) is 23.9 Å². The molecule has 0 amide bonds. The van der Waals surface area contributed by atoms with Gasteiger partial charge in [-0.15, -0.1) is 12.4 Å². The molecule has 0 aliphatic carbocycles. The Labute approximate surface area is 102 Å². The molecule has 5 heteroatoms. The first-order valence-corrected chi connectivity index (χ1v) is 5.17. The predicted molar refractivity (Wildman–Crippen MR) is 63.5 cm³/mol. The van der Waals surface area contributed by atoms with E-state index in [0.717, 1.165) is 31.5 Å². The Balaban J connectivity index is 0.00000196. The van der Waals surface area contributed by atoms with E-state index in [1.54, 1.807) is 7.11 Å². The molecule has 0 N–H and O–H groups in total. The molecule has 1 aliphatic heterocycles. The number of methoxy groups -OCH3 is 1. The lowest BCUT2D eigenvalue weighted by Gasteiger charge is -2.32. The molecule has 1 heterocycles. The van der Waals surface area contributed by atoms with Crippen molar-refractivity contribution in [1.29, 1.82) is 0 Å². The number of nitrogens with zero attached hydrogens (tertiary/aromatic N) is 1. The van der Waals surface area contributed by atoms with Crippen LogP contribution in [0.25, 0.3) is 0 Å². The summed E-state index contributed by atoms with van der Waals surface area (Å²) in [5, 5.41) is -0.367. The number of hydrogen-bond donors (Lipinski definition) is 0. The maximum Gasteiger partial charge on any atom is 0.245 e. The third-order valence-electron chi connectivity index (χ3n) is 2.61. The molecule has 0 spiro atoms. The molecule has 0 aromatic carbocycles. The quantitative estimate of drug-likeness (QED) is 0.571. The van der Waals surface area contributed by atoms with Gasteiger partial charge in [-0.25, -0.2) is 0 Å². The Bertz CT molecular complexity index is 234. The van der Waals surface area contributed by atoms with Crippen molar-refractivity contribution in [2.75, 3.05) is 20.2 Å². The Morgan fingerprint density at radius 2 is 2.07 bits per heavy atom. The van der Waals surface area contributed by atoms with Crippen molar-refractivity contribution in [3.8, 4) is 0 Å². The predicted octanol–water partition coefficient (Wildman–Crippen LogP) is 2.19. The second kappa shape index (κ2) is 7.23. The van der Waals surface area contributed by atoms with Crippen molar-refractivity contribution in [2.45, 2.75) is 26.0 Å². The van der Waals surface area contributed by atoms with Crippen LogP contribution in [0.1, 0.15) is 19.8 Å². The highest BCUT2D eigenvalue weighted by molar-refractivity contribution is 6.66. The summed E-state index contributed by atoms with van der Waals surface area (Å²) in [6, 6.07) is 0. The largest absolute Gasteiger partial charge is 0.367 e. The van der Waals surface area contributed by atoms with Gasteiger partial charge < -0.3 is 4.74 Å². The summed E-state index contributed by atoms with van der Waals surface area (Å²) < 4.78 is 5.22. The molecule has 0 radical (unpaired) electrons. The molecule has 1 atom stereocenters. The zero-order chi connectivity index (χ0) is 10.6. The minimum absolute atomic E-state index is 0. The first kappa shape index (κ1) is 14.9. The second-order valence-corrected chi connectivity index (χ2v) is 3.85. The van der Waals surface area contributed by atoms with E-state index < -0.39 is 0 Å². The molecular weight excluding hydrogens is 237 g/mol. The van der Waals surface area contributed by atoms with Gasteiger partial charge in [0.05, 0.1) is 0 Å². The van der Waals surface area contributed by atoms with E-state index in [9.17, 15) is 4.79 Å². The lowest BCUT2D eigenvalue weighted by molar-refractivity contribution is -0.107. The van der Waals surface area contributed by atoms with Crippen LogP contribution in [-0.4, -0.2) is 36.6 Å². The lowest BCUT2D eigenvalue weighted by atomic mass is 10.0. The topological polar surface area (TPSA) is 29.5 Å². The molecular formula is C10H17Cl2NO2. The number of carbonyl (C=O) groups is 1. The maximum absolute atomic E-state index is 10.6. The molecule has 88 valence electrons. The van der Waals surface area contributed by atoms with Crippen LogP contribution in [-0.2, 0) is 9.53 Å². The average Bonchev–Trinajstić information content (AvgIpc) is 2.17. The van der Waals surface area contributed by atoms with Crippen LogP contribution in [0.2, 0.25) is 0 Å². The van der Waals surface area contributed by atoms with Gasteiger partial charge in [-0.2, -0.15) is 0 Å². The standard InChI is InChI=1S/C10H16ClNO2.ClH/c1-8(14-2)12-5-3-9(4-6-12)7-10(11)13;/h7-8H,3-6H2,1-2H3;1H. The molecule has 15 heavy (non-hydrogen) atoms. The number of rotatable bonds is 3. The van der Waals surface area contributed by atoms with Gasteiger partial charge in [0.15, 0.2) is 0 Å². The van der Waals surface area contributed by atoms with Crippen LogP contribution in [0.3, 0.4) is 0 Å². The molecule has 1 unspecified atom stereocenters. The van der Waals surface area contributed by atoms with E-state index in [4.69, 9.17) is 16.3 Å².